The first kappa shape index (κ1) is 24.3. The number of hydrogen-bond acceptors (Lipinski definition) is 5. The molecule has 186 valence electrons. The first-order valence-electron chi connectivity index (χ1n) is 11.5. The fraction of sp³-hybridized carbons (Fsp3) is 0.280. The third-order valence-corrected chi connectivity index (χ3v) is 7.43. The molecule has 0 bridgehead atoms. The number of hydrogen-bond donors (Lipinski definition) is 2. The molecule has 0 unspecified atom stereocenters. The van der Waals surface area contributed by atoms with E-state index in [0.29, 0.717) is 41.0 Å². The smallest absolute Gasteiger partial charge is 0.354 e. The lowest BCUT2D eigenvalue weighted by Crippen LogP contribution is -2.17. The van der Waals surface area contributed by atoms with Crippen LogP contribution >= 0.6 is 23.4 Å². The minimum Gasteiger partial charge on any atom is -0.477 e. The summed E-state index contributed by atoms with van der Waals surface area (Å²) >= 11 is 7.53. The molecule has 8 nitrogen and oxygen atoms in total. The summed E-state index contributed by atoms with van der Waals surface area (Å²) in [4.78, 5) is 28.1. The number of nitrogens with one attached hydrogen (secondary N) is 1. The van der Waals surface area contributed by atoms with Gasteiger partial charge in [0.2, 0.25) is 5.91 Å². The van der Waals surface area contributed by atoms with E-state index in [1.54, 1.807) is 36.1 Å². The lowest BCUT2D eigenvalue weighted by atomic mass is 10.2. The van der Waals surface area contributed by atoms with Gasteiger partial charge in [0.1, 0.15) is 10.7 Å². The highest BCUT2D eigenvalue weighted by molar-refractivity contribution is 7.99. The molecule has 1 aliphatic carbocycles. The number of carbonyl (C=O) groups is 2. The Morgan fingerprint density at radius 1 is 1.28 bits per heavy atom. The number of nitrogens with zero attached hydrogens (tertiary/aromatic N) is 4. The summed E-state index contributed by atoms with van der Waals surface area (Å²) in [6, 6.07) is 8.16. The van der Waals surface area contributed by atoms with Gasteiger partial charge in [0.05, 0.1) is 22.4 Å². The van der Waals surface area contributed by atoms with Crippen LogP contribution in [0.5, 0.6) is 0 Å². The predicted octanol–water partition coefficient (Wildman–Crippen LogP) is 5.27. The van der Waals surface area contributed by atoms with Gasteiger partial charge in [0, 0.05) is 48.1 Å². The van der Waals surface area contributed by atoms with Crippen LogP contribution in [0.15, 0.2) is 52.6 Å². The zero-order chi connectivity index (χ0) is 25.4. The Balaban J connectivity index is 1.61. The van der Waals surface area contributed by atoms with Crippen molar-refractivity contribution >= 4 is 46.1 Å². The highest BCUT2D eigenvalue weighted by Gasteiger charge is 2.34. The van der Waals surface area contributed by atoms with Gasteiger partial charge in [-0.2, -0.15) is 5.10 Å². The highest BCUT2D eigenvalue weighted by atomic mass is 35.5. The van der Waals surface area contributed by atoms with Gasteiger partial charge in [-0.1, -0.05) is 29.4 Å². The number of aromatic carboxylic acids is 1. The highest BCUT2D eigenvalue weighted by Crippen LogP contribution is 2.51. The summed E-state index contributed by atoms with van der Waals surface area (Å²) < 4.78 is 19.2. The molecule has 0 spiro atoms. The Morgan fingerprint density at radius 3 is 2.81 bits per heavy atom. The summed E-state index contributed by atoms with van der Waals surface area (Å²) in [6.45, 7) is 0.544. The van der Waals surface area contributed by atoms with Crippen molar-refractivity contribution in [2.45, 2.75) is 48.1 Å². The van der Waals surface area contributed by atoms with Gasteiger partial charge in [-0.05, 0) is 43.5 Å². The van der Waals surface area contributed by atoms with Crippen molar-refractivity contribution in [3.8, 4) is 5.69 Å². The van der Waals surface area contributed by atoms with Crippen molar-refractivity contribution < 1.29 is 19.1 Å². The number of halogens is 2. The molecule has 1 amide bonds. The normalized spacial score (nSPS) is 13.3. The first-order chi connectivity index (χ1) is 17.4. The van der Waals surface area contributed by atoms with Crippen LogP contribution in [0.25, 0.3) is 16.6 Å². The van der Waals surface area contributed by atoms with E-state index in [0.717, 1.165) is 23.4 Å². The number of carboxylic acid groups (broad SMARTS) is 1. The van der Waals surface area contributed by atoms with Gasteiger partial charge in [0.15, 0.2) is 5.82 Å². The van der Waals surface area contributed by atoms with E-state index in [4.69, 9.17) is 11.6 Å². The van der Waals surface area contributed by atoms with Gasteiger partial charge in [-0.15, -0.1) is 0 Å². The standard InChI is InChI=1S/C25H23ClFN5O3S/c1-28-19(33)5-3-11-31-13-15(12-29-31)32-22(14-7-8-14)24(16-9-10-17(26)21(27)23(16)32)36-20-6-2-4-18(30-20)25(34)35/h2,4,6,9-10,12-14H,3,5,7-8,11H2,1H3,(H,28,33)(H,34,35). The number of rotatable bonds is 9. The Bertz CT molecular complexity index is 1480. The fourth-order valence-electron chi connectivity index (χ4n) is 4.21. The topological polar surface area (TPSA) is 102 Å². The summed E-state index contributed by atoms with van der Waals surface area (Å²) in [5.41, 5.74) is 1.93. The second-order valence-electron chi connectivity index (χ2n) is 8.59. The molecule has 11 heteroatoms. The molecule has 5 rings (SSSR count). The predicted molar refractivity (Wildman–Crippen MR) is 135 cm³/mol. The molecule has 1 aromatic carbocycles. The van der Waals surface area contributed by atoms with Crippen molar-refractivity contribution in [3.05, 3.63) is 65.0 Å². The van der Waals surface area contributed by atoms with Crippen LogP contribution in [0.4, 0.5) is 4.39 Å². The van der Waals surface area contributed by atoms with Gasteiger partial charge in [-0.3, -0.25) is 9.48 Å². The van der Waals surface area contributed by atoms with Crippen molar-refractivity contribution in [2.75, 3.05) is 7.05 Å². The summed E-state index contributed by atoms with van der Waals surface area (Å²) in [7, 11) is 1.60. The third-order valence-electron chi connectivity index (χ3n) is 6.07. The maximum atomic E-state index is 15.5. The van der Waals surface area contributed by atoms with Crippen molar-refractivity contribution in [1.82, 2.24) is 24.6 Å². The molecule has 1 aliphatic rings. The lowest BCUT2D eigenvalue weighted by molar-refractivity contribution is -0.120. The molecular formula is C25H23ClFN5O3S. The molecular weight excluding hydrogens is 505 g/mol. The fourth-order valence-corrected chi connectivity index (χ4v) is 5.50. The molecule has 2 N–H and O–H groups in total. The number of aromatic nitrogens is 4. The lowest BCUT2D eigenvalue weighted by Gasteiger charge is -2.10. The largest absolute Gasteiger partial charge is 0.477 e. The summed E-state index contributed by atoms with van der Waals surface area (Å²) in [6.07, 6.45) is 6.45. The SMILES string of the molecule is CNC(=O)CCCn1cc(-n2c(C3CC3)c(Sc3cccc(C(=O)O)n3)c3ccc(Cl)c(F)c32)cn1. The monoisotopic (exact) mass is 527 g/mol. The van der Waals surface area contributed by atoms with Crippen molar-refractivity contribution in [3.63, 3.8) is 0 Å². The minimum absolute atomic E-state index is 0.0177. The van der Waals surface area contributed by atoms with Crippen LogP contribution in [0.3, 0.4) is 0 Å². The zero-order valence-electron chi connectivity index (χ0n) is 19.4. The van der Waals surface area contributed by atoms with E-state index < -0.39 is 11.8 Å². The van der Waals surface area contributed by atoms with Crippen LogP contribution in [-0.2, 0) is 11.3 Å². The van der Waals surface area contributed by atoms with E-state index >= 15 is 4.39 Å². The van der Waals surface area contributed by atoms with E-state index in [9.17, 15) is 14.7 Å². The quantitative estimate of drug-likeness (QED) is 0.307. The maximum Gasteiger partial charge on any atom is 0.354 e. The zero-order valence-corrected chi connectivity index (χ0v) is 20.9. The van der Waals surface area contributed by atoms with E-state index in [1.165, 1.54) is 23.9 Å². The van der Waals surface area contributed by atoms with Gasteiger partial charge < -0.3 is 15.0 Å². The molecule has 3 aromatic heterocycles. The Hall–Kier alpha value is -3.37. The molecule has 0 radical (unpaired) electrons. The number of carboxylic acids is 1. The first-order valence-corrected chi connectivity index (χ1v) is 12.7. The van der Waals surface area contributed by atoms with E-state index in [2.05, 4.69) is 15.4 Å². The number of amides is 1. The van der Waals surface area contributed by atoms with Crippen molar-refractivity contribution in [1.29, 1.82) is 0 Å². The Morgan fingerprint density at radius 2 is 2.08 bits per heavy atom. The number of fused-ring (bicyclic) bond motifs is 1. The number of carbonyl (C=O) groups excluding carboxylic acids is 1. The molecule has 36 heavy (non-hydrogen) atoms. The minimum atomic E-state index is -1.11. The average Bonchev–Trinajstić information content (AvgIpc) is 3.51. The average molecular weight is 528 g/mol. The molecule has 3 heterocycles. The van der Waals surface area contributed by atoms with Crippen LogP contribution in [0, 0.1) is 5.82 Å². The molecule has 0 atom stereocenters. The number of pyridine rings is 1. The molecule has 1 saturated carbocycles. The van der Waals surface area contributed by atoms with Crippen LogP contribution in [0.2, 0.25) is 5.02 Å². The van der Waals surface area contributed by atoms with E-state index in [1.807, 2.05) is 10.8 Å². The summed E-state index contributed by atoms with van der Waals surface area (Å²) in [5.74, 6) is -1.45. The second kappa shape index (κ2) is 9.94. The second-order valence-corrected chi connectivity index (χ2v) is 10.0. The third kappa shape index (κ3) is 4.70. The van der Waals surface area contributed by atoms with Crippen LogP contribution < -0.4 is 5.32 Å². The number of benzene rings is 1. The molecule has 0 saturated heterocycles. The van der Waals surface area contributed by atoms with Gasteiger partial charge >= 0.3 is 5.97 Å². The van der Waals surface area contributed by atoms with Crippen LogP contribution in [-0.4, -0.2) is 43.4 Å². The summed E-state index contributed by atoms with van der Waals surface area (Å²) in [5, 5.41) is 17.6. The number of aryl methyl sites for hydroxylation is 1. The van der Waals surface area contributed by atoms with Crippen LogP contribution in [0.1, 0.15) is 47.8 Å². The van der Waals surface area contributed by atoms with E-state index in [-0.39, 0.29) is 22.5 Å². The molecule has 1 fully saturated rings. The van der Waals surface area contributed by atoms with Gasteiger partial charge in [0.25, 0.3) is 0 Å². The Kier molecular flexibility index (Phi) is 6.72. The molecule has 0 aliphatic heterocycles. The Labute approximate surface area is 215 Å². The maximum absolute atomic E-state index is 15.5. The van der Waals surface area contributed by atoms with Gasteiger partial charge in [-0.25, -0.2) is 14.2 Å². The van der Waals surface area contributed by atoms with Crippen molar-refractivity contribution in [2.24, 2.45) is 0 Å². The molecule has 4 aromatic rings.